The third-order valence-corrected chi connectivity index (χ3v) is 5.00. The van der Waals surface area contributed by atoms with Gasteiger partial charge in [-0.2, -0.15) is 5.10 Å². The number of fused-ring (bicyclic) bond motifs is 1. The van der Waals surface area contributed by atoms with Gasteiger partial charge in [0, 0.05) is 31.1 Å². The predicted octanol–water partition coefficient (Wildman–Crippen LogP) is 2.15. The van der Waals surface area contributed by atoms with E-state index < -0.39 is 0 Å². The zero-order valence-electron chi connectivity index (χ0n) is 15.6. The van der Waals surface area contributed by atoms with Crippen LogP contribution < -0.4 is 10.9 Å². The molecule has 1 N–H and O–H groups in total. The van der Waals surface area contributed by atoms with Gasteiger partial charge in [-0.25, -0.2) is 4.98 Å². The maximum Gasteiger partial charge on any atom is 0.256 e. The van der Waals surface area contributed by atoms with Gasteiger partial charge in [-0.1, -0.05) is 17.7 Å². The summed E-state index contributed by atoms with van der Waals surface area (Å²) in [6.45, 7) is 4.64. The normalized spacial score (nSPS) is 11.1. The van der Waals surface area contributed by atoms with Crippen LogP contribution in [0.3, 0.4) is 0 Å². The molecule has 27 heavy (non-hydrogen) atoms. The number of aryl methyl sites for hydroxylation is 2. The summed E-state index contributed by atoms with van der Waals surface area (Å²) in [5, 5.41) is 8.83. The minimum absolute atomic E-state index is 0.100. The lowest BCUT2D eigenvalue weighted by molar-refractivity contribution is -0.120. The monoisotopic (exact) mass is 387 g/mol. The molecule has 1 aromatic carbocycles. The van der Waals surface area contributed by atoms with E-state index in [-0.39, 0.29) is 17.9 Å². The highest BCUT2D eigenvalue weighted by molar-refractivity contribution is 6.35. The van der Waals surface area contributed by atoms with Gasteiger partial charge < -0.3 is 5.32 Å². The molecular weight excluding hydrogens is 366 g/mol. The van der Waals surface area contributed by atoms with Gasteiger partial charge in [0.25, 0.3) is 5.56 Å². The Morgan fingerprint density at radius 2 is 2.07 bits per heavy atom. The van der Waals surface area contributed by atoms with E-state index in [1.165, 1.54) is 4.57 Å². The molecule has 2 aromatic heterocycles. The second-order valence-corrected chi connectivity index (χ2v) is 6.92. The summed E-state index contributed by atoms with van der Waals surface area (Å²) in [6, 6.07) is 5.70. The Bertz CT molecular complexity index is 1050. The van der Waals surface area contributed by atoms with Crippen LogP contribution in [0.4, 0.5) is 0 Å². The summed E-state index contributed by atoms with van der Waals surface area (Å²) >= 11 is 6.15. The second kappa shape index (κ2) is 7.92. The van der Waals surface area contributed by atoms with Gasteiger partial charge in [0.2, 0.25) is 5.91 Å². The lowest BCUT2D eigenvalue weighted by atomic mass is 10.2. The highest BCUT2D eigenvalue weighted by Crippen LogP contribution is 2.22. The van der Waals surface area contributed by atoms with Crippen molar-refractivity contribution in [1.82, 2.24) is 24.6 Å². The van der Waals surface area contributed by atoms with E-state index in [9.17, 15) is 9.59 Å². The zero-order chi connectivity index (χ0) is 19.6. The Morgan fingerprint density at radius 3 is 2.85 bits per heavy atom. The summed E-state index contributed by atoms with van der Waals surface area (Å²) in [7, 11) is 1.67. The first-order chi connectivity index (χ1) is 12.9. The Labute approximate surface area is 162 Å². The smallest absolute Gasteiger partial charge is 0.256 e. The third-order valence-electron chi connectivity index (χ3n) is 4.67. The first-order valence-corrected chi connectivity index (χ1v) is 9.16. The SMILES string of the molecule is Cc1c(CC(=O)NCCCn2ncc3c(Cl)cccc32)nc(C)n(C)c1=O. The van der Waals surface area contributed by atoms with Gasteiger partial charge >= 0.3 is 0 Å². The number of hydrogen-bond donors (Lipinski definition) is 1. The van der Waals surface area contributed by atoms with Crippen molar-refractivity contribution in [3.63, 3.8) is 0 Å². The quantitative estimate of drug-likeness (QED) is 0.657. The van der Waals surface area contributed by atoms with E-state index in [2.05, 4.69) is 15.4 Å². The van der Waals surface area contributed by atoms with Crippen LogP contribution in [0.25, 0.3) is 10.9 Å². The highest BCUT2D eigenvalue weighted by Gasteiger charge is 2.12. The fourth-order valence-electron chi connectivity index (χ4n) is 2.97. The molecule has 3 aromatic rings. The molecule has 0 saturated carbocycles. The van der Waals surface area contributed by atoms with Crippen LogP contribution in [0.5, 0.6) is 0 Å². The number of amides is 1. The standard InChI is InChI=1S/C19H22ClN5O2/c1-12-16(23-13(2)24(3)19(12)27)10-18(26)21-8-5-9-25-17-7-4-6-15(20)14(17)11-22-25/h4,6-7,11H,5,8-10H2,1-3H3,(H,21,26). The van der Waals surface area contributed by atoms with Gasteiger partial charge in [0.1, 0.15) is 5.82 Å². The third kappa shape index (κ3) is 4.03. The molecule has 1 amide bonds. The fraction of sp³-hybridized carbons (Fsp3) is 0.368. The van der Waals surface area contributed by atoms with Crippen LogP contribution in [0.2, 0.25) is 5.02 Å². The van der Waals surface area contributed by atoms with Gasteiger partial charge in [0.15, 0.2) is 0 Å². The number of hydrogen-bond acceptors (Lipinski definition) is 4. The van der Waals surface area contributed by atoms with Gasteiger partial charge in [0.05, 0.1) is 28.9 Å². The van der Waals surface area contributed by atoms with Crippen LogP contribution in [-0.4, -0.2) is 31.8 Å². The summed E-state index contributed by atoms with van der Waals surface area (Å²) in [5.74, 6) is 0.448. The molecule has 0 aliphatic heterocycles. The van der Waals surface area contributed by atoms with Crippen LogP contribution >= 0.6 is 11.6 Å². The zero-order valence-corrected chi connectivity index (χ0v) is 16.4. The number of carbonyl (C=O) groups excluding carboxylic acids is 1. The van der Waals surface area contributed by atoms with E-state index in [4.69, 9.17) is 11.6 Å². The average molecular weight is 388 g/mol. The number of carbonyl (C=O) groups is 1. The van der Waals surface area contributed by atoms with Crippen LogP contribution in [0, 0.1) is 13.8 Å². The molecule has 0 fully saturated rings. The molecule has 0 aliphatic carbocycles. The van der Waals surface area contributed by atoms with E-state index in [0.717, 1.165) is 17.3 Å². The number of aromatic nitrogens is 4. The molecule has 0 saturated heterocycles. The van der Waals surface area contributed by atoms with Crippen molar-refractivity contribution < 1.29 is 4.79 Å². The molecule has 0 aliphatic rings. The highest BCUT2D eigenvalue weighted by atomic mass is 35.5. The summed E-state index contributed by atoms with van der Waals surface area (Å²) in [5.41, 5.74) is 1.90. The van der Waals surface area contributed by atoms with Crippen molar-refractivity contribution in [2.24, 2.45) is 7.05 Å². The maximum atomic E-state index is 12.2. The summed E-state index contributed by atoms with van der Waals surface area (Å²) in [4.78, 5) is 28.6. The second-order valence-electron chi connectivity index (χ2n) is 6.52. The molecule has 142 valence electrons. The van der Waals surface area contributed by atoms with Crippen molar-refractivity contribution in [2.75, 3.05) is 6.54 Å². The van der Waals surface area contributed by atoms with Crippen molar-refractivity contribution in [1.29, 1.82) is 0 Å². The molecule has 0 spiro atoms. The van der Waals surface area contributed by atoms with Gasteiger partial charge in [-0.05, 0) is 32.4 Å². The fourth-order valence-corrected chi connectivity index (χ4v) is 3.18. The Balaban J connectivity index is 1.54. The lowest BCUT2D eigenvalue weighted by Gasteiger charge is -2.10. The van der Waals surface area contributed by atoms with Crippen LogP contribution in [0.15, 0.2) is 29.2 Å². The first-order valence-electron chi connectivity index (χ1n) is 8.78. The summed E-state index contributed by atoms with van der Waals surface area (Å²) in [6.07, 6.45) is 2.59. The van der Waals surface area contributed by atoms with Crippen molar-refractivity contribution in [2.45, 2.75) is 33.2 Å². The van der Waals surface area contributed by atoms with Crippen molar-refractivity contribution in [3.05, 3.63) is 56.9 Å². The molecule has 0 unspecified atom stereocenters. The van der Waals surface area contributed by atoms with E-state index in [1.807, 2.05) is 22.9 Å². The number of benzene rings is 1. The maximum absolute atomic E-state index is 12.2. The van der Waals surface area contributed by atoms with E-state index >= 15 is 0 Å². The molecule has 0 radical (unpaired) electrons. The Hall–Kier alpha value is -2.67. The molecule has 0 bridgehead atoms. The molecule has 8 heteroatoms. The molecule has 2 heterocycles. The number of nitrogens with zero attached hydrogens (tertiary/aromatic N) is 4. The van der Waals surface area contributed by atoms with Crippen LogP contribution in [0.1, 0.15) is 23.5 Å². The molecular formula is C19H22ClN5O2. The number of nitrogens with one attached hydrogen (secondary N) is 1. The molecule has 0 atom stereocenters. The largest absolute Gasteiger partial charge is 0.356 e. The predicted molar refractivity (Wildman–Crippen MR) is 105 cm³/mol. The molecule has 7 nitrogen and oxygen atoms in total. The van der Waals surface area contributed by atoms with Crippen LogP contribution in [-0.2, 0) is 24.8 Å². The van der Waals surface area contributed by atoms with Crippen molar-refractivity contribution >= 4 is 28.4 Å². The van der Waals surface area contributed by atoms with E-state index in [1.54, 1.807) is 27.1 Å². The number of halogens is 1. The van der Waals surface area contributed by atoms with Gasteiger partial charge in [-0.3, -0.25) is 18.8 Å². The van der Waals surface area contributed by atoms with E-state index in [0.29, 0.717) is 35.2 Å². The van der Waals surface area contributed by atoms with Crippen molar-refractivity contribution in [3.8, 4) is 0 Å². The summed E-state index contributed by atoms with van der Waals surface area (Å²) < 4.78 is 3.36. The number of rotatable bonds is 6. The first kappa shape index (κ1) is 19.1. The Kier molecular flexibility index (Phi) is 5.60. The lowest BCUT2D eigenvalue weighted by Crippen LogP contribution is -2.30. The minimum Gasteiger partial charge on any atom is -0.356 e. The Morgan fingerprint density at radius 1 is 1.30 bits per heavy atom. The average Bonchev–Trinajstić information content (AvgIpc) is 3.06. The topological polar surface area (TPSA) is 81.8 Å². The van der Waals surface area contributed by atoms with Gasteiger partial charge in [-0.15, -0.1) is 0 Å². The minimum atomic E-state index is -0.147. The molecule has 3 rings (SSSR count).